The van der Waals surface area contributed by atoms with E-state index in [0.717, 1.165) is 40.4 Å². The summed E-state index contributed by atoms with van der Waals surface area (Å²) >= 11 is 0. The number of benzene rings is 4. The molecule has 2 nitrogen and oxygen atoms in total. The Kier molecular flexibility index (Phi) is 5.03. The van der Waals surface area contributed by atoms with E-state index >= 15 is 0 Å². The molecule has 192 valence electrons. The van der Waals surface area contributed by atoms with Crippen LogP contribution in [0.15, 0.2) is 127 Å². The number of hydrogen-bond donors (Lipinski definition) is 0. The average Bonchev–Trinajstić information content (AvgIpc) is 3.50. The maximum Gasteiger partial charge on any atom is 0.139 e. The first kappa shape index (κ1) is 23.2. The summed E-state index contributed by atoms with van der Waals surface area (Å²) in [4.78, 5) is 5.08. The molecule has 2 heterocycles. The highest BCUT2D eigenvalue weighted by Crippen LogP contribution is 2.58. The van der Waals surface area contributed by atoms with Gasteiger partial charge in [-0.25, -0.2) is 4.98 Å². The molecule has 8 rings (SSSR count). The minimum absolute atomic E-state index is 0.128. The number of rotatable bonds is 3. The minimum Gasteiger partial charge on any atom is -0.460 e. The first-order valence-corrected chi connectivity index (χ1v) is 14.1. The summed E-state index contributed by atoms with van der Waals surface area (Å²) in [6.07, 6.45) is 7.49. The van der Waals surface area contributed by atoms with E-state index in [0.29, 0.717) is 5.92 Å². The highest BCUT2D eigenvalue weighted by atomic mass is 16.5. The topological polar surface area (TPSA) is 22.1 Å². The van der Waals surface area contributed by atoms with Crippen LogP contribution in [0.25, 0.3) is 44.8 Å². The van der Waals surface area contributed by atoms with E-state index in [2.05, 4.69) is 123 Å². The van der Waals surface area contributed by atoms with Crippen LogP contribution in [-0.4, -0.2) is 4.98 Å². The van der Waals surface area contributed by atoms with Crippen LogP contribution < -0.4 is 4.74 Å². The van der Waals surface area contributed by atoms with Gasteiger partial charge in [0.15, 0.2) is 0 Å². The number of aromatic nitrogens is 1. The predicted molar refractivity (Wildman–Crippen MR) is 163 cm³/mol. The summed E-state index contributed by atoms with van der Waals surface area (Å²) in [5, 5.41) is 0. The van der Waals surface area contributed by atoms with Crippen LogP contribution in [0.1, 0.15) is 42.9 Å². The van der Waals surface area contributed by atoms with Crippen molar-refractivity contribution in [1.82, 2.24) is 4.98 Å². The van der Waals surface area contributed by atoms with E-state index in [1.807, 2.05) is 12.1 Å². The first-order valence-electron chi connectivity index (χ1n) is 14.1. The number of hydrogen-bond acceptors (Lipinski definition) is 2. The molecule has 0 N–H and O–H groups in total. The van der Waals surface area contributed by atoms with Gasteiger partial charge in [0.2, 0.25) is 0 Å². The molecule has 0 amide bonds. The van der Waals surface area contributed by atoms with E-state index in [-0.39, 0.29) is 5.41 Å². The summed E-state index contributed by atoms with van der Waals surface area (Å²) < 4.78 is 6.55. The fourth-order valence-electron chi connectivity index (χ4n) is 6.70. The number of pyridine rings is 1. The van der Waals surface area contributed by atoms with Gasteiger partial charge in [-0.1, -0.05) is 111 Å². The summed E-state index contributed by atoms with van der Waals surface area (Å²) in [7, 11) is 0. The molecule has 0 saturated heterocycles. The molecular formula is C38H29NO. The Bertz CT molecular complexity index is 1800. The molecule has 5 aromatic rings. The van der Waals surface area contributed by atoms with E-state index < -0.39 is 0 Å². The molecule has 4 aromatic carbocycles. The highest BCUT2D eigenvalue weighted by molar-refractivity contribution is 5.89. The van der Waals surface area contributed by atoms with Gasteiger partial charge in [0.05, 0.1) is 11.4 Å². The van der Waals surface area contributed by atoms with Gasteiger partial charge in [0.1, 0.15) is 11.5 Å². The fourth-order valence-corrected chi connectivity index (χ4v) is 6.70. The van der Waals surface area contributed by atoms with Gasteiger partial charge in [0.25, 0.3) is 0 Å². The molecule has 1 aliphatic heterocycles. The van der Waals surface area contributed by atoms with Crippen molar-refractivity contribution in [3.63, 3.8) is 0 Å². The third-order valence-electron chi connectivity index (χ3n) is 8.83. The monoisotopic (exact) mass is 515 g/mol. The third kappa shape index (κ3) is 3.46. The SMILES string of the molecule is CC1(C)c2cc(-c3cc(-c4ccccc4)nc(-c4ccccc4)c3)ccc2-c2c1ccc1c2OC2=CC=CCC21. The Hall–Kier alpha value is -4.69. The molecule has 0 bridgehead atoms. The quantitative estimate of drug-likeness (QED) is 0.239. The Balaban J connectivity index is 1.29. The Morgan fingerprint density at radius 1 is 0.700 bits per heavy atom. The normalized spacial score (nSPS) is 17.4. The van der Waals surface area contributed by atoms with Crippen molar-refractivity contribution in [1.29, 1.82) is 0 Å². The van der Waals surface area contributed by atoms with E-state index in [4.69, 9.17) is 9.72 Å². The first-order chi connectivity index (χ1) is 19.6. The number of ether oxygens (including phenoxy) is 1. The highest BCUT2D eigenvalue weighted by Gasteiger charge is 2.42. The zero-order chi connectivity index (χ0) is 26.8. The second kappa shape index (κ2) is 8.66. The van der Waals surface area contributed by atoms with Crippen LogP contribution in [0.2, 0.25) is 0 Å². The number of fused-ring (bicyclic) bond motifs is 7. The summed E-state index contributed by atoms with van der Waals surface area (Å²) in [5.74, 6) is 2.47. The molecule has 0 fully saturated rings. The van der Waals surface area contributed by atoms with Crippen molar-refractivity contribution >= 4 is 0 Å². The zero-order valence-corrected chi connectivity index (χ0v) is 22.7. The molecule has 1 unspecified atom stereocenters. The van der Waals surface area contributed by atoms with Crippen LogP contribution in [0.3, 0.4) is 0 Å². The van der Waals surface area contributed by atoms with Gasteiger partial charge in [-0.15, -0.1) is 0 Å². The lowest BCUT2D eigenvalue weighted by Gasteiger charge is -2.22. The van der Waals surface area contributed by atoms with Gasteiger partial charge in [0, 0.05) is 33.6 Å². The molecular weight excluding hydrogens is 486 g/mol. The van der Waals surface area contributed by atoms with Crippen LogP contribution >= 0.6 is 0 Å². The van der Waals surface area contributed by atoms with Crippen molar-refractivity contribution in [2.24, 2.45) is 0 Å². The molecule has 0 radical (unpaired) electrons. The summed E-state index contributed by atoms with van der Waals surface area (Å²) in [6.45, 7) is 4.68. The van der Waals surface area contributed by atoms with Crippen LogP contribution in [0.4, 0.5) is 0 Å². The molecule has 2 aliphatic carbocycles. The lowest BCUT2D eigenvalue weighted by atomic mass is 9.81. The van der Waals surface area contributed by atoms with Gasteiger partial charge >= 0.3 is 0 Å². The van der Waals surface area contributed by atoms with E-state index in [1.54, 1.807) is 0 Å². The summed E-state index contributed by atoms with van der Waals surface area (Å²) in [6, 6.07) is 37.0. The van der Waals surface area contributed by atoms with Crippen LogP contribution in [0, 0.1) is 0 Å². The molecule has 0 saturated carbocycles. The average molecular weight is 516 g/mol. The van der Waals surface area contributed by atoms with Crippen molar-refractivity contribution < 1.29 is 4.74 Å². The largest absolute Gasteiger partial charge is 0.460 e. The van der Waals surface area contributed by atoms with Crippen LogP contribution in [-0.2, 0) is 5.41 Å². The second-order valence-electron chi connectivity index (χ2n) is 11.5. The Morgan fingerprint density at radius 2 is 1.40 bits per heavy atom. The standard InChI is InChI=1S/C38H29NO/c1-38(2)31-20-19-29-28-15-9-10-16-35(28)40-37(29)36(31)30-18-17-26(21-32(30)38)27-22-33(24-11-5-3-6-12-24)39-34(23-27)25-13-7-4-8-14-25/h3-14,16-23,28H,15H2,1-2H3. The number of allylic oxidation sites excluding steroid dienone is 4. The Morgan fingerprint density at radius 3 is 2.10 bits per heavy atom. The molecule has 2 heteroatoms. The maximum absolute atomic E-state index is 6.55. The third-order valence-corrected chi connectivity index (χ3v) is 8.83. The van der Waals surface area contributed by atoms with Crippen molar-refractivity contribution in [2.75, 3.05) is 0 Å². The smallest absolute Gasteiger partial charge is 0.139 e. The second-order valence-corrected chi connectivity index (χ2v) is 11.5. The predicted octanol–water partition coefficient (Wildman–Crippen LogP) is 9.71. The van der Waals surface area contributed by atoms with Crippen molar-refractivity contribution in [3.8, 4) is 50.5 Å². The molecule has 40 heavy (non-hydrogen) atoms. The van der Waals surface area contributed by atoms with Gasteiger partial charge in [-0.3, -0.25) is 0 Å². The zero-order valence-electron chi connectivity index (χ0n) is 22.7. The van der Waals surface area contributed by atoms with Crippen molar-refractivity contribution in [3.05, 3.63) is 144 Å². The van der Waals surface area contributed by atoms with Crippen LogP contribution in [0.5, 0.6) is 5.75 Å². The Labute approximate surface area is 235 Å². The number of nitrogens with zero attached hydrogens (tertiary/aromatic N) is 1. The van der Waals surface area contributed by atoms with Gasteiger partial charge in [-0.05, 0) is 58.5 Å². The van der Waals surface area contributed by atoms with Gasteiger partial charge < -0.3 is 4.74 Å². The molecule has 1 atom stereocenters. The van der Waals surface area contributed by atoms with E-state index in [1.165, 1.54) is 38.9 Å². The maximum atomic E-state index is 6.55. The molecule has 3 aliphatic rings. The summed E-state index contributed by atoms with van der Waals surface area (Å²) in [5.41, 5.74) is 13.0. The van der Waals surface area contributed by atoms with Gasteiger partial charge in [-0.2, -0.15) is 0 Å². The lowest BCUT2D eigenvalue weighted by molar-refractivity contribution is 0.426. The lowest BCUT2D eigenvalue weighted by Crippen LogP contribution is -2.15. The van der Waals surface area contributed by atoms with Crippen molar-refractivity contribution in [2.45, 2.75) is 31.6 Å². The molecule has 0 spiro atoms. The van der Waals surface area contributed by atoms with E-state index in [9.17, 15) is 0 Å². The minimum atomic E-state index is -0.128. The fraction of sp³-hybridized carbons (Fsp3) is 0.132. The molecule has 1 aromatic heterocycles.